The second-order valence-corrected chi connectivity index (χ2v) is 7.99. The molecule has 0 aliphatic carbocycles. The third kappa shape index (κ3) is 4.54. The Morgan fingerprint density at radius 2 is 1.52 bits per heavy atom. The second-order valence-electron chi connectivity index (χ2n) is 7.99. The van der Waals surface area contributed by atoms with Crippen molar-refractivity contribution >= 4 is 23.2 Å². The summed E-state index contributed by atoms with van der Waals surface area (Å²) in [6.45, 7) is 6.45. The van der Waals surface area contributed by atoms with E-state index in [0.717, 1.165) is 22.6 Å². The van der Waals surface area contributed by atoms with Crippen LogP contribution in [0.5, 0.6) is 0 Å². The average molecular weight is 447 g/mol. The molecule has 170 valence electrons. The first-order valence-corrected chi connectivity index (χ1v) is 10.5. The third-order valence-electron chi connectivity index (χ3n) is 5.54. The van der Waals surface area contributed by atoms with E-state index in [2.05, 4.69) is 25.9 Å². The maximum Gasteiger partial charge on any atom is 0.276 e. The summed E-state index contributed by atoms with van der Waals surface area (Å²) < 4.78 is 5.02. The third-order valence-corrected chi connectivity index (χ3v) is 5.54. The van der Waals surface area contributed by atoms with E-state index in [-0.39, 0.29) is 17.5 Å². The van der Waals surface area contributed by atoms with Crippen LogP contribution in [0.1, 0.15) is 43.5 Å². The molecular weight excluding hydrogens is 420 g/mol. The number of hydrogen-bond acceptors (Lipinski definition) is 5. The molecule has 0 saturated heterocycles. The molecule has 0 spiro atoms. The van der Waals surface area contributed by atoms with Crippen LogP contribution in [0, 0.1) is 20.8 Å². The van der Waals surface area contributed by atoms with Crippen molar-refractivity contribution in [2.75, 3.05) is 10.6 Å². The molecule has 10 nitrogen and oxygen atoms in total. The molecule has 2 amide bonds. The highest BCUT2D eigenvalue weighted by atomic mass is 16.2. The molecule has 4 rings (SSSR count). The van der Waals surface area contributed by atoms with Crippen molar-refractivity contribution in [2.45, 2.75) is 27.3 Å². The summed E-state index contributed by atoms with van der Waals surface area (Å²) in [6.07, 6.45) is 3.04. The largest absolute Gasteiger partial charge is 0.319 e. The molecule has 3 aromatic heterocycles. The van der Waals surface area contributed by atoms with Gasteiger partial charge in [0, 0.05) is 25.4 Å². The quantitative estimate of drug-likeness (QED) is 0.473. The lowest BCUT2D eigenvalue weighted by atomic mass is 10.1. The Labute approximate surface area is 191 Å². The van der Waals surface area contributed by atoms with Gasteiger partial charge in [-0.1, -0.05) is 12.1 Å². The van der Waals surface area contributed by atoms with Gasteiger partial charge in [0.1, 0.15) is 5.69 Å². The summed E-state index contributed by atoms with van der Waals surface area (Å²) in [4.78, 5) is 25.7. The zero-order valence-corrected chi connectivity index (χ0v) is 19.2. The Morgan fingerprint density at radius 1 is 0.879 bits per heavy atom. The van der Waals surface area contributed by atoms with Gasteiger partial charge in [-0.05, 0) is 44.5 Å². The van der Waals surface area contributed by atoms with E-state index in [1.165, 1.54) is 10.9 Å². The zero-order valence-electron chi connectivity index (χ0n) is 19.2. The number of benzene rings is 1. The van der Waals surface area contributed by atoms with Crippen molar-refractivity contribution in [2.24, 2.45) is 14.1 Å². The van der Waals surface area contributed by atoms with Crippen LogP contribution < -0.4 is 10.6 Å². The predicted octanol–water partition coefficient (Wildman–Crippen LogP) is 2.83. The van der Waals surface area contributed by atoms with E-state index in [1.54, 1.807) is 37.1 Å². The van der Waals surface area contributed by atoms with Crippen LogP contribution in [0.2, 0.25) is 0 Å². The van der Waals surface area contributed by atoms with Gasteiger partial charge in [-0.2, -0.15) is 15.3 Å². The van der Waals surface area contributed by atoms with Gasteiger partial charge in [-0.15, -0.1) is 0 Å². The SMILES string of the molecule is Cc1cc(C)n(Cc2ccc(C(=O)Nc3cnn(C)c3C(=O)Nc3cnn(C)c3C)cc2)n1. The van der Waals surface area contributed by atoms with E-state index in [1.807, 2.05) is 43.7 Å². The molecule has 1 aromatic carbocycles. The molecule has 0 fully saturated rings. The lowest BCUT2D eigenvalue weighted by Gasteiger charge is -2.09. The van der Waals surface area contributed by atoms with Gasteiger partial charge >= 0.3 is 0 Å². The van der Waals surface area contributed by atoms with Crippen LogP contribution >= 0.6 is 0 Å². The fraction of sp³-hybridized carbons (Fsp3) is 0.261. The number of rotatable bonds is 6. The maximum absolute atomic E-state index is 12.9. The molecule has 4 aromatic rings. The van der Waals surface area contributed by atoms with Gasteiger partial charge in [0.05, 0.1) is 41.7 Å². The van der Waals surface area contributed by atoms with Crippen LogP contribution in [0.3, 0.4) is 0 Å². The van der Waals surface area contributed by atoms with E-state index >= 15 is 0 Å². The van der Waals surface area contributed by atoms with Crippen molar-refractivity contribution < 1.29 is 9.59 Å². The fourth-order valence-electron chi connectivity index (χ4n) is 3.57. The van der Waals surface area contributed by atoms with Crippen molar-refractivity contribution in [3.05, 3.63) is 76.6 Å². The molecule has 0 aliphatic heterocycles. The topological polar surface area (TPSA) is 112 Å². The molecule has 0 atom stereocenters. The van der Waals surface area contributed by atoms with Gasteiger partial charge in [0.2, 0.25) is 0 Å². The molecule has 2 N–H and O–H groups in total. The van der Waals surface area contributed by atoms with Crippen LogP contribution in [0.15, 0.2) is 42.7 Å². The first-order chi connectivity index (χ1) is 15.7. The molecule has 0 saturated carbocycles. The van der Waals surface area contributed by atoms with Crippen LogP contribution in [0.25, 0.3) is 0 Å². The summed E-state index contributed by atoms with van der Waals surface area (Å²) in [7, 11) is 3.44. The minimum absolute atomic E-state index is 0.243. The maximum atomic E-state index is 12.9. The number of amides is 2. The van der Waals surface area contributed by atoms with Crippen molar-refractivity contribution in [1.82, 2.24) is 29.3 Å². The van der Waals surface area contributed by atoms with Crippen molar-refractivity contribution in [3.8, 4) is 0 Å². The molecular formula is C23H26N8O2. The number of aryl methyl sites for hydroxylation is 4. The Morgan fingerprint density at radius 3 is 2.12 bits per heavy atom. The summed E-state index contributed by atoms with van der Waals surface area (Å²) in [6, 6.07) is 9.33. The monoisotopic (exact) mass is 446 g/mol. The zero-order chi connectivity index (χ0) is 23.7. The lowest BCUT2D eigenvalue weighted by Crippen LogP contribution is -2.20. The first-order valence-electron chi connectivity index (χ1n) is 10.5. The van der Waals surface area contributed by atoms with Crippen LogP contribution in [-0.4, -0.2) is 41.2 Å². The van der Waals surface area contributed by atoms with Gasteiger partial charge in [-0.3, -0.25) is 23.6 Å². The number of hydrogen-bond donors (Lipinski definition) is 2. The van der Waals surface area contributed by atoms with E-state index in [9.17, 15) is 9.59 Å². The standard InChI is InChI=1S/C23H26N8O2/c1-14-10-15(2)31(28-14)13-17-6-8-18(9-7-17)22(32)27-20-12-25-30(5)21(20)23(33)26-19-11-24-29(4)16(19)3/h6-12H,13H2,1-5H3,(H,26,33)(H,27,32). The van der Waals surface area contributed by atoms with Crippen molar-refractivity contribution in [3.63, 3.8) is 0 Å². The number of anilines is 2. The fourth-order valence-corrected chi connectivity index (χ4v) is 3.57. The van der Waals surface area contributed by atoms with Gasteiger partial charge < -0.3 is 10.6 Å². The molecule has 0 bridgehead atoms. The number of nitrogens with one attached hydrogen (secondary N) is 2. The number of nitrogens with zero attached hydrogens (tertiary/aromatic N) is 6. The van der Waals surface area contributed by atoms with Gasteiger partial charge in [-0.25, -0.2) is 0 Å². The minimum Gasteiger partial charge on any atom is -0.319 e. The molecule has 0 radical (unpaired) electrons. The number of aromatic nitrogens is 6. The second kappa shape index (κ2) is 8.73. The highest BCUT2D eigenvalue weighted by Crippen LogP contribution is 2.20. The first kappa shape index (κ1) is 22.0. The summed E-state index contributed by atoms with van der Waals surface area (Å²) >= 11 is 0. The molecule has 0 aliphatic rings. The molecule has 33 heavy (non-hydrogen) atoms. The molecule has 3 heterocycles. The lowest BCUT2D eigenvalue weighted by molar-refractivity contribution is 0.101. The Bertz CT molecular complexity index is 1330. The highest BCUT2D eigenvalue weighted by molar-refractivity contribution is 6.11. The Balaban J connectivity index is 1.47. The Hall–Kier alpha value is -4.21. The van der Waals surface area contributed by atoms with Gasteiger partial charge in [0.25, 0.3) is 11.8 Å². The summed E-state index contributed by atoms with van der Waals surface area (Å²) in [5.74, 6) is -0.714. The summed E-state index contributed by atoms with van der Waals surface area (Å²) in [5.41, 5.74) is 5.55. The van der Waals surface area contributed by atoms with Crippen LogP contribution in [0.4, 0.5) is 11.4 Å². The van der Waals surface area contributed by atoms with Crippen LogP contribution in [-0.2, 0) is 20.6 Å². The Kier molecular flexibility index (Phi) is 5.82. The van der Waals surface area contributed by atoms with E-state index < -0.39 is 0 Å². The van der Waals surface area contributed by atoms with E-state index in [4.69, 9.17) is 0 Å². The normalized spacial score (nSPS) is 10.9. The molecule has 10 heteroatoms. The number of carbonyl (C=O) groups is 2. The van der Waals surface area contributed by atoms with Gasteiger partial charge in [0.15, 0.2) is 0 Å². The highest BCUT2D eigenvalue weighted by Gasteiger charge is 2.20. The minimum atomic E-state index is -0.387. The number of carbonyl (C=O) groups excluding carboxylic acids is 2. The average Bonchev–Trinajstić information content (AvgIpc) is 3.40. The smallest absolute Gasteiger partial charge is 0.276 e. The van der Waals surface area contributed by atoms with E-state index in [0.29, 0.717) is 23.5 Å². The molecule has 0 unspecified atom stereocenters. The predicted molar refractivity (Wildman–Crippen MR) is 124 cm³/mol. The van der Waals surface area contributed by atoms with Crippen molar-refractivity contribution in [1.29, 1.82) is 0 Å². The summed E-state index contributed by atoms with van der Waals surface area (Å²) in [5, 5.41) is 18.3.